The standard InChI is InChI=1S/C15H18N4O/c20-15(17-12-8-9-12)18-13-10-16-19-14(13)11-6-4-2-1-3-5-7-11/h1-2,4,6-7,10,12H,3,5,8-9H2,(H,16,19)(H2,17,18,20)/b2-1+,6-4-,11-7+. The fourth-order valence-corrected chi connectivity index (χ4v) is 2.09. The third-order valence-electron chi connectivity index (χ3n) is 3.30. The second-order valence-corrected chi connectivity index (χ2v) is 5.04. The van der Waals surface area contributed by atoms with Crippen LogP contribution in [0.2, 0.25) is 0 Å². The first-order valence-corrected chi connectivity index (χ1v) is 6.98. The number of H-pyrrole nitrogens is 1. The van der Waals surface area contributed by atoms with Crippen molar-refractivity contribution >= 4 is 17.3 Å². The van der Waals surface area contributed by atoms with Crippen LogP contribution in [0.15, 0.2) is 36.6 Å². The van der Waals surface area contributed by atoms with E-state index in [0.717, 1.165) is 37.0 Å². The lowest BCUT2D eigenvalue weighted by Gasteiger charge is -2.07. The van der Waals surface area contributed by atoms with E-state index in [0.29, 0.717) is 11.7 Å². The van der Waals surface area contributed by atoms with Gasteiger partial charge in [0.15, 0.2) is 0 Å². The van der Waals surface area contributed by atoms with Crippen LogP contribution in [0.4, 0.5) is 10.5 Å². The second kappa shape index (κ2) is 5.77. The van der Waals surface area contributed by atoms with Crippen LogP contribution in [0.25, 0.3) is 5.57 Å². The van der Waals surface area contributed by atoms with Crippen LogP contribution >= 0.6 is 0 Å². The molecule has 104 valence electrons. The van der Waals surface area contributed by atoms with Crippen molar-refractivity contribution in [2.24, 2.45) is 0 Å². The maximum absolute atomic E-state index is 11.8. The Bertz CT molecular complexity index is 578. The molecule has 20 heavy (non-hydrogen) atoms. The van der Waals surface area contributed by atoms with Gasteiger partial charge in [0.25, 0.3) is 0 Å². The minimum atomic E-state index is -0.162. The molecule has 3 rings (SSSR count). The molecule has 2 aliphatic rings. The quantitative estimate of drug-likeness (QED) is 0.790. The van der Waals surface area contributed by atoms with Gasteiger partial charge in [0.1, 0.15) is 5.69 Å². The van der Waals surface area contributed by atoms with Crippen molar-refractivity contribution in [1.82, 2.24) is 15.5 Å². The maximum atomic E-state index is 11.8. The van der Waals surface area contributed by atoms with Gasteiger partial charge in [-0.15, -0.1) is 0 Å². The molecule has 5 nitrogen and oxygen atoms in total. The zero-order valence-electron chi connectivity index (χ0n) is 11.2. The van der Waals surface area contributed by atoms with E-state index in [1.54, 1.807) is 6.20 Å². The first-order valence-electron chi connectivity index (χ1n) is 6.98. The van der Waals surface area contributed by atoms with E-state index in [2.05, 4.69) is 33.0 Å². The number of aromatic amines is 1. The molecule has 0 atom stereocenters. The fourth-order valence-electron chi connectivity index (χ4n) is 2.09. The van der Waals surface area contributed by atoms with E-state index in [4.69, 9.17) is 0 Å². The number of allylic oxidation sites excluding steroid dienone is 6. The lowest BCUT2D eigenvalue weighted by atomic mass is 10.1. The normalized spacial score (nSPS) is 23.9. The minimum Gasteiger partial charge on any atom is -0.335 e. The number of carbonyl (C=O) groups excluding carboxylic acids is 1. The number of urea groups is 1. The van der Waals surface area contributed by atoms with Crippen molar-refractivity contribution in [2.45, 2.75) is 31.7 Å². The molecule has 0 spiro atoms. The molecule has 0 aliphatic heterocycles. The molecule has 0 unspecified atom stereocenters. The van der Waals surface area contributed by atoms with Crippen LogP contribution in [-0.4, -0.2) is 22.3 Å². The summed E-state index contributed by atoms with van der Waals surface area (Å²) in [6.45, 7) is 0. The van der Waals surface area contributed by atoms with Crippen molar-refractivity contribution in [3.05, 3.63) is 42.3 Å². The highest BCUT2D eigenvalue weighted by Crippen LogP contribution is 2.24. The zero-order chi connectivity index (χ0) is 13.8. The number of hydrogen-bond donors (Lipinski definition) is 3. The molecule has 0 saturated heterocycles. The molecular weight excluding hydrogens is 252 g/mol. The van der Waals surface area contributed by atoms with Gasteiger partial charge in [-0.1, -0.05) is 30.4 Å². The molecule has 2 aliphatic carbocycles. The third-order valence-corrected chi connectivity index (χ3v) is 3.30. The Balaban J connectivity index is 1.74. The number of amides is 2. The Morgan fingerprint density at radius 2 is 2.20 bits per heavy atom. The molecule has 1 fully saturated rings. The van der Waals surface area contributed by atoms with Gasteiger partial charge >= 0.3 is 6.03 Å². The topological polar surface area (TPSA) is 69.8 Å². The van der Waals surface area contributed by atoms with Gasteiger partial charge in [0.2, 0.25) is 0 Å². The van der Waals surface area contributed by atoms with Crippen LogP contribution < -0.4 is 10.6 Å². The minimum absolute atomic E-state index is 0.162. The van der Waals surface area contributed by atoms with Crippen LogP contribution in [0.5, 0.6) is 0 Å². The van der Waals surface area contributed by atoms with Crippen LogP contribution in [-0.2, 0) is 0 Å². The lowest BCUT2D eigenvalue weighted by Crippen LogP contribution is -2.30. The van der Waals surface area contributed by atoms with E-state index in [1.807, 2.05) is 18.2 Å². The van der Waals surface area contributed by atoms with E-state index >= 15 is 0 Å². The highest BCUT2D eigenvalue weighted by atomic mass is 16.2. The number of carbonyl (C=O) groups is 1. The second-order valence-electron chi connectivity index (χ2n) is 5.04. The largest absolute Gasteiger partial charge is 0.335 e. The Morgan fingerprint density at radius 1 is 1.30 bits per heavy atom. The summed E-state index contributed by atoms with van der Waals surface area (Å²) < 4.78 is 0. The van der Waals surface area contributed by atoms with E-state index in [9.17, 15) is 4.79 Å². The molecular formula is C15H18N4O. The summed E-state index contributed by atoms with van der Waals surface area (Å²) in [6, 6.07) is 0.182. The molecule has 3 N–H and O–H groups in total. The summed E-state index contributed by atoms with van der Waals surface area (Å²) in [5.74, 6) is 0. The number of aromatic nitrogens is 2. The summed E-state index contributed by atoms with van der Waals surface area (Å²) >= 11 is 0. The van der Waals surface area contributed by atoms with E-state index in [1.165, 1.54) is 0 Å². The number of nitrogens with zero attached hydrogens (tertiary/aromatic N) is 1. The zero-order valence-corrected chi connectivity index (χ0v) is 11.2. The molecule has 0 radical (unpaired) electrons. The molecule has 2 amide bonds. The number of anilines is 1. The Morgan fingerprint density at radius 3 is 3.05 bits per heavy atom. The molecule has 1 saturated carbocycles. The molecule has 0 bridgehead atoms. The van der Waals surface area contributed by atoms with Crippen molar-refractivity contribution < 1.29 is 4.79 Å². The SMILES string of the molecule is O=C(Nc1c[nH]nc1C1=C/CC/C=C/C=C\1)NC1CC1. The molecule has 1 heterocycles. The Kier molecular flexibility index (Phi) is 3.67. The van der Waals surface area contributed by atoms with Gasteiger partial charge in [-0.3, -0.25) is 5.10 Å². The summed E-state index contributed by atoms with van der Waals surface area (Å²) in [6.07, 6.45) is 16.2. The average molecular weight is 270 g/mol. The maximum Gasteiger partial charge on any atom is 0.319 e. The predicted octanol–water partition coefficient (Wildman–Crippen LogP) is 2.98. The van der Waals surface area contributed by atoms with E-state index < -0.39 is 0 Å². The molecule has 1 aromatic heterocycles. The number of nitrogens with one attached hydrogen (secondary N) is 3. The summed E-state index contributed by atoms with van der Waals surface area (Å²) in [4.78, 5) is 11.8. The van der Waals surface area contributed by atoms with Crippen LogP contribution in [0.3, 0.4) is 0 Å². The lowest BCUT2D eigenvalue weighted by molar-refractivity contribution is 0.251. The highest BCUT2D eigenvalue weighted by Gasteiger charge is 2.23. The van der Waals surface area contributed by atoms with Crippen molar-refractivity contribution in [2.75, 3.05) is 5.32 Å². The Labute approximate surface area is 117 Å². The molecule has 5 heteroatoms. The first kappa shape index (κ1) is 12.7. The van der Waals surface area contributed by atoms with Crippen LogP contribution in [0.1, 0.15) is 31.4 Å². The predicted molar refractivity (Wildman–Crippen MR) is 79.3 cm³/mol. The third kappa shape index (κ3) is 3.17. The van der Waals surface area contributed by atoms with Gasteiger partial charge in [-0.2, -0.15) is 5.10 Å². The first-order chi connectivity index (χ1) is 9.83. The van der Waals surface area contributed by atoms with E-state index in [-0.39, 0.29) is 6.03 Å². The van der Waals surface area contributed by atoms with Crippen LogP contribution in [0, 0.1) is 0 Å². The summed E-state index contributed by atoms with van der Waals surface area (Å²) in [5, 5.41) is 12.8. The Hall–Kier alpha value is -2.30. The van der Waals surface area contributed by atoms with Gasteiger partial charge in [-0.05, 0) is 25.7 Å². The van der Waals surface area contributed by atoms with Crippen molar-refractivity contribution in [3.8, 4) is 0 Å². The monoisotopic (exact) mass is 270 g/mol. The highest BCUT2D eigenvalue weighted by molar-refractivity contribution is 5.93. The smallest absolute Gasteiger partial charge is 0.319 e. The van der Waals surface area contributed by atoms with Gasteiger partial charge in [0.05, 0.1) is 5.69 Å². The molecule has 0 aromatic carbocycles. The fraction of sp³-hybridized carbons (Fsp3) is 0.333. The van der Waals surface area contributed by atoms with Crippen molar-refractivity contribution in [3.63, 3.8) is 0 Å². The molecule has 1 aromatic rings. The summed E-state index contributed by atoms with van der Waals surface area (Å²) in [5.41, 5.74) is 2.52. The van der Waals surface area contributed by atoms with Crippen molar-refractivity contribution in [1.29, 1.82) is 0 Å². The summed E-state index contributed by atoms with van der Waals surface area (Å²) in [7, 11) is 0. The van der Waals surface area contributed by atoms with Gasteiger partial charge in [0, 0.05) is 17.8 Å². The van der Waals surface area contributed by atoms with Gasteiger partial charge in [-0.25, -0.2) is 4.79 Å². The number of rotatable bonds is 3. The van der Waals surface area contributed by atoms with Gasteiger partial charge < -0.3 is 10.6 Å². The number of hydrogen-bond acceptors (Lipinski definition) is 2. The average Bonchev–Trinajstić information content (AvgIpc) is 3.07.